The normalized spacial score (nSPS) is 18.3. The summed E-state index contributed by atoms with van der Waals surface area (Å²) in [7, 11) is 0. The second kappa shape index (κ2) is 7.55. The fourth-order valence-electron chi connectivity index (χ4n) is 2.96. The third kappa shape index (κ3) is 4.40. The molecule has 2 aromatic carbocycles. The summed E-state index contributed by atoms with van der Waals surface area (Å²) >= 11 is 0. The Morgan fingerprint density at radius 3 is 2.92 bits per heavy atom. The Balaban J connectivity index is 1.66. The number of amides is 1. The van der Waals surface area contributed by atoms with Gasteiger partial charge in [0.2, 0.25) is 5.91 Å². The minimum absolute atomic E-state index is 0.0790. The van der Waals surface area contributed by atoms with Gasteiger partial charge in [0.15, 0.2) is 0 Å². The second-order valence-corrected chi connectivity index (χ2v) is 6.03. The Kier molecular flexibility index (Phi) is 5.23. The van der Waals surface area contributed by atoms with Gasteiger partial charge in [-0.2, -0.15) is 0 Å². The zero-order valence-electron chi connectivity index (χ0n) is 13.7. The van der Waals surface area contributed by atoms with E-state index in [0.717, 1.165) is 29.9 Å². The van der Waals surface area contributed by atoms with Crippen LogP contribution >= 0.6 is 0 Å². The number of anilines is 1. The average molecular weight is 328 g/mol. The number of nitrogens with zero attached hydrogens (tertiary/aromatic N) is 1. The molecule has 0 radical (unpaired) electrons. The summed E-state index contributed by atoms with van der Waals surface area (Å²) in [6.45, 7) is 4.43. The van der Waals surface area contributed by atoms with Gasteiger partial charge in [-0.1, -0.05) is 24.3 Å². The van der Waals surface area contributed by atoms with E-state index in [1.807, 2.05) is 30.3 Å². The highest BCUT2D eigenvalue weighted by molar-refractivity contribution is 5.88. The lowest BCUT2D eigenvalue weighted by atomic mass is 10.1. The van der Waals surface area contributed by atoms with Crippen molar-refractivity contribution in [2.45, 2.75) is 19.6 Å². The van der Waals surface area contributed by atoms with E-state index < -0.39 is 0 Å². The number of carbonyl (C=O) groups excluding carboxylic acids is 1. The van der Waals surface area contributed by atoms with E-state index in [9.17, 15) is 9.18 Å². The highest BCUT2D eigenvalue weighted by Crippen LogP contribution is 2.24. The number of rotatable bonds is 4. The number of nitrogens with one attached hydrogen (secondary N) is 1. The molecule has 2 aromatic rings. The van der Waals surface area contributed by atoms with Gasteiger partial charge in [-0.15, -0.1) is 0 Å². The SMILES string of the molecule is CC(=O)Nc1cccc(CN2CCOC(c3cccc(F)c3)C2)c1. The largest absolute Gasteiger partial charge is 0.371 e. The predicted molar refractivity (Wildman–Crippen MR) is 91.1 cm³/mol. The van der Waals surface area contributed by atoms with Crippen molar-refractivity contribution < 1.29 is 13.9 Å². The summed E-state index contributed by atoms with van der Waals surface area (Å²) in [5.74, 6) is -0.319. The Hall–Kier alpha value is -2.24. The molecule has 1 fully saturated rings. The number of ether oxygens (including phenoxy) is 1. The summed E-state index contributed by atoms with van der Waals surface area (Å²) in [5.41, 5.74) is 2.79. The van der Waals surface area contributed by atoms with Crippen LogP contribution in [0, 0.1) is 5.82 Å². The summed E-state index contributed by atoms with van der Waals surface area (Å²) in [5, 5.41) is 2.80. The highest BCUT2D eigenvalue weighted by Gasteiger charge is 2.22. The van der Waals surface area contributed by atoms with Gasteiger partial charge >= 0.3 is 0 Å². The molecule has 1 unspecified atom stereocenters. The average Bonchev–Trinajstić information content (AvgIpc) is 2.55. The molecular formula is C19H21FN2O2. The van der Waals surface area contributed by atoms with Crippen LogP contribution < -0.4 is 5.32 Å². The first-order chi connectivity index (χ1) is 11.6. The Bertz CT molecular complexity index is 720. The maximum Gasteiger partial charge on any atom is 0.221 e. The lowest BCUT2D eigenvalue weighted by Crippen LogP contribution is -2.37. The number of hydrogen-bond donors (Lipinski definition) is 1. The van der Waals surface area contributed by atoms with E-state index in [0.29, 0.717) is 13.2 Å². The number of carbonyl (C=O) groups is 1. The molecule has 1 atom stereocenters. The molecule has 126 valence electrons. The number of morpholine rings is 1. The Morgan fingerprint density at radius 2 is 2.12 bits per heavy atom. The van der Waals surface area contributed by atoms with Crippen LogP contribution in [0.25, 0.3) is 0 Å². The fraction of sp³-hybridized carbons (Fsp3) is 0.316. The molecule has 24 heavy (non-hydrogen) atoms. The van der Waals surface area contributed by atoms with E-state index in [1.54, 1.807) is 6.07 Å². The number of benzene rings is 2. The molecule has 1 amide bonds. The fourth-order valence-corrected chi connectivity index (χ4v) is 2.96. The third-order valence-electron chi connectivity index (χ3n) is 4.02. The predicted octanol–water partition coefficient (Wildman–Crippen LogP) is 3.36. The van der Waals surface area contributed by atoms with E-state index in [-0.39, 0.29) is 17.8 Å². The minimum Gasteiger partial charge on any atom is -0.371 e. The van der Waals surface area contributed by atoms with E-state index in [4.69, 9.17) is 4.74 Å². The topological polar surface area (TPSA) is 41.6 Å². The summed E-state index contributed by atoms with van der Waals surface area (Å²) in [6.07, 6.45) is -0.118. The molecule has 1 saturated heterocycles. The van der Waals surface area contributed by atoms with Gasteiger partial charge in [-0.05, 0) is 35.4 Å². The van der Waals surface area contributed by atoms with Gasteiger partial charge in [-0.25, -0.2) is 4.39 Å². The molecule has 4 nitrogen and oxygen atoms in total. The third-order valence-corrected chi connectivity index (χ3v) is 4.02. The first kappa shape index (κ1) is 16.6. The van der Waals surface area contributed by atoms with Crippen molar-refractivity contribution in [1.82, 2.24) is 4.90 Å². The summed E-state index contributed by atoms with van der Waals surface area (Å²) in [6, 6.07) is 14.4. The quantitative estimate of drug-likeness (QED) is 0.936. The van der Waals surface area contributed by atoms with Gasteiger partial charge in [-0.3, -0.25) is 9.69 Å². The first-order valence-corrected chi connectivity index (χ1v) is 8.06. The van der Waals surface area contributed by atoms with E-state index in [1.165, 1.54) is 19.1 Å². The molecule has 3 rings (SSSR count). The summed E-state index contributed by atoms with van der Waals surface area (Å²) < 4.78 is 19.2. The zero-order chi connectivity index (χ0) is 16.9. The van der Waals surface area contributed by atoms with Crippen LogP contribution in [0.4, 0.5) is 10.1 Å². The van der Waals surface area contributed by atoms with Crippen LogP contribution in [-0.4, -0.2) is 30.5 Å². The van der Waals surface area contributed by atoms with Gasteiger partial charge in [0.25, 0.3) is 0 Å². The van der Waals surface area contributed by atoms with Gasteiger partial charge in [0, 0.05) is 32.2 Å². The molecule has 0 saturated carbocycles. The van der Waals surface area contributed by atoms with Crippen molar-refractivity contribution in [2.24, 2.45) is 0 Å². The molecule has 0 aliphatic carbocycles. The zero-order valence-corrected chi connectivity index (χ0v) is 13.7. The molecule has 0 aromatic heterocycles. The monoisotopic (exact) mass is 328 g/mol. The lowest BCUT2D eigenvalue weighted by molar-refractivity contribution is -0.114. The maximum atomic E-state index is 13.4. The first-order valence-electron chi connectivity index (χ1n) is 8.06. The van der Waals surface area contributed by atoms with Crippen molar-refractivity contribution in [3.8, 4) is 0 Å². The molecule has 1 heterocycles. The van der Waals surface area contributed by atoms with Gasteiger partial charge < -0.3 is 10.1 Å². The van der Waals surface area contributed by atoms with Crippen molar-refractivity contribution in [2.75, 3.05) is 25.0 Å². The van der Waals surface area contributed by atoms with Gasteiger partial charge in [0.05, 0.1) is 12.7 Å². The molecule has 0 spiro atoms. The van der Waals surface area contributed by atoms with Crippen LogP contribution in [0.1, 0.15) is 24.2 Å². The van der Waals surface area contributed by atoms with E-state index in [2.05, 4.69) is 10.2 Å². The Labute approximate surface area is 141 Å². The number of hydrogen-bond acceptors (Lipinski definition) is 3. The minimum atomic E-state index is -0.240. The molecule has 0 bridgehead atoms. The highest BCUT2D eigenvalue weighted by atomic mass is 19.1. The smallest absolute Gasteiger partial charge is 0.221 e. The van der Waals surface area contributed by atoms with Crippen molar-refractivity contribution in [3.05, 3.63) is 65.5 Å². The molecule has 5 heteroatoms. The molecule has 1 aliphatic heterocycles. The molecule has 1 N–H and O–H groups in total. The van der Waals surface area contributed by atoms with Gasteiger partial charge in [0.1, 0.15) is 5.82 Å². The maximum absolute atomic E-state index is 13.4. The molecular weight excluding hydrogens is 307 g/mol. The van der Waals surface area contributed by atoms with Crippen LogP contribution in [-0.2, 0) is 16.1 Å². The number of halogens is 1. The van der Waals surface area contributed by atoms with Crippen LogP contribution in [0.3, 0.4) is 0 Å². The molecule has 1 aliphatic rings. The Morgan fingerprint density at radius 1 is 1.29 bits per heavy atom. The van der Waals surface area contributed by atoms with Crippen LogP contribution in [0.15, 0.2) is 48.5 Å². The van der Waals surface area contributed by atoms with Crippen LogP contribution in [0.5, 0.6) is 0 Å². The van der Waals surface area contributed by atoms with Crippen LogP contribution in [0.2, 0.25) is 0 Å². The standard InChI is InChI=1S/C19H21FN2O2/c1-14(23)21-18-7-2-4-15(10-18)12-22-8-9-24-19(13-22)16-5-3-6-17(20)11-16/h2-7,10-11,19H,8-9,12-13H2,1H3,(H,21,23). The van der Waals surface area contributed by atoms with Crippen molar-refractivity contribution in [3.63, 3.8) is 0 Å². The second-order valence-electron chi connectivity index (χ2n) is 6.03. The van der Waals surface area contributed by atoms with Crippen molar-refractivity contribution in [1.29, 1.82) is 0 Å². The summed E-state index contributed by atoms with van der Waals surface area (Å²) in [4.78, 5) is 13.5. The van der Waals surface area contributed by atoms with Crippen molar-refractivity contribution >= 4 is 11.6 Å². The van der Waals surface area contributed by atoms with E-state index >= 15 is 0 Å². The lowest BCUT2D eigenvalue weighted by Gasteiger charge is -2.33.